The number of likely N-dealkylation sites (tertiary alicyclic amines) is 1. The minimum Gasteiger partial charge on any atom is -0.352 e. The molecule has 1 saturated heterocycles. The molecule has 2 aliphatic rings. The summed E-state index contributed by atoms with van der Waals surface area (Å²) >= 11 is 1.28. The smallest absolute Gasteiger partial charge is 0.247 e. The quantitative estimate of drug-likeness (QED) is 0.741. The second kappa shape index (κ2) is 8.92. The summed E-state index contributed by atoms with van der Waals surface area (Å²) in [4.78, 5) is 40.9. The van der Waals surface area contributed by atoms with Crippen molar-refractivity contribution in [3.05, 3.63) is 59.7 Å². The average molecular weight is 424 g/mol. The molecule has 0 unspecified atom stereocenters. The Labute approximate surface area is 180 Å². The maximum atomic E-state index is 13.1. The minimum atomic E-state index is -0.811. The third-order valence-corrected chi connectivity index (χ3v) is 6.93. The van der Waals surface area contributed by atoms with Gasteiger partial charge in [-0.1, -0.05) is 36.4 Å². The topological polar surface area (TPSA) is 78.5 Å². The van der Waals surface area contributed by atoms with Gasteiger partial charge < -0.3 is 15.5 Å². The Hall–Kier alpha value is -2.80. The molecule has 2 aromatic carbocycles. The van der Waals surface area contributed by atoms with E-state index >= 15 is 0 Å². The first-order valence-electron chi connectivity index (χ1n) is 10.2. The van der Waals surface area contributed by atoms with Gasteiger partial charge in [-0.15, -0.1) is 11.8 Å². The highest BCUT2D eigenvalue weighted by Gasteiger charge is 2.38. The fourth-order valence-electron chi connectivity index (χ4n) is 3.91. The minimum absolute atomic E-state index is 0.0400. The second-order valence-electron chi connectivity index (χ2n) is 7.75. The van der Waals surface area contributed by atoms with Gasteiger partial charge in [0.2, 0.25) is 17.7 Å². The lowest BCUT2D eigenvalue weighted by Crippen LogP contribution is -2.50. The van der Waals surface area contributed by atoms with E-state index in [9.17, 15) is 14.4 Å². The van der Waals surface area contributed by atoms with Crippen LogP contribution < -0.4 is 10.6 Å². The molecule has 3 amide bonds. The van der Waals surface area contributed by atoms with Crippen LogP contribution in [0.5, 0.6) is 0 Å². The first-order chi connectivity index (χ1) is 14.5. The van der Waals surface area contributed by atoms with Crippen LogP contribution in [-0.2, 0) is 20.9 Å². The van der Waals surface area contributed by atoms with Crippen LogP contribution in [0.1, 0.15) is 24.0 Å². The van der Waals surface area contributed by atoms with Crippen molar-refractivity contribution in [2.75, 3.05) is 18.4 Å². The van der Waals surface area contributed by atoms with Crippen molar-refractivity contribution in [2.24, 2.45) is 5.92 Å². The lowest BCUT2D eigenvalue weighted by atomic mass is 9.96. The molecule has 6 nitrogen and oxygen atoms in total. The number of amides is 3. The molecule has 0 radical (unpaired) electrons. The lowest BCUT2D eigenvalue weighted by Gasteiger charge is -2.35. The van der Waals surface area contributed by atoms with E-state index in [0.717, 1.165) is 34.6 Å². The van der Waals surface area contributed by atoms with Crippen LogP contribution in [0.2, 0.25) is 0 Å². The number of aryl methyl sites for hydroxylation is 1. The Morgan fingerprint density at radius 3 is 2.77 bits per heavy atom. The molecule has 0 bridgehead atoms. The number of para-hydroxylation sites is 1. The number of hydrogen-bond acceptors (Lipinski definition) is 4. The molecule has 0 aromatic heterocycles. The van der Waals surface area contributed by atoms with Crippen molar-refractivity contribution in [1.29, 1.82) is 0 Å². The SMILES string of the molecule is Cc1ccccc1CNC(=O)[C@@H]1CCCN(C(=O)[C@@H]2Sc3ccccc3NC2=O)C1. The highest BCUT2D eigenvalue weighted by atomic mass is 32.2. The normalized spacial score (nSPS) is 20.8. The van der Waals surface area contributed by atoms with Gasteiger partial charge in [0, 0.05) is 24.5 Å². The van der Waals surface area contributed by atoms with Crippen molar-refractivity contribution in [2.45, 2.75) is 36.5 Å². The molecule has 2 aromatic rings. The highest BCUT2D eigenvalue weighted by molar-refractivity contribution is 8.01. The largest absolute Gasteiger partial charge is 0.352 e. The number of fused-ring (bicyclic) bond motifs is 1. The number of carbonyl (C=O) groups excluding carboxylic acids is 3. The lowest BCUT2D eigenvalue weighted by molar-refractivity contribution is -0.137. The van der Waals surface area contributed by atoms with Crippen molar-refractivity contribution in [3.8, 4) is 0 Å². The molecule has 2 aliphatic heterocycles. The summed E-state index contributed by atoms with van der Waals surface area (Å²) in [7, 11) is 0. The molecular formula is C23H25N3O3S. The summed E-state index contributed by atoms with van der Waals surface area (Å²) in [5, 5.41) is 5.02. The summed E-state index contributed by atoms with van der Waals surface area (Å²) in [6, 6.07) is 15.4. The zero-order valence-corrected chi connectivity index (χ0v) is 17.7. The Bertz CT molecular complexity index is 978. The van der Waals surface area contributed by atoms with Gasteiger partial charge in [0.25, 0.3) is 0 Å². The zero-order valence-electron chi connectivity index (χ0n) is 16.9. The molecule has 30 heavy (non-hydrogen) atoms. The van der Waals surface area contributed by atoms with Gasteiger partial charge in [-0.25, -0.2) is 0 Å². The predicted molar refractivity (Wildman–Crippen MR) is 117 cm³/mol. The maximum Gasteiger partial charge on any atom is 0.247 e. The number of piperidine rings is 1. The fourth-order valence-corrected chi connectivity index (χ4v) is 4.98. The molecule has 2 atom stereocenters. The summed E-state index contributed by atoms with van der Waals surface area (Å²) in [5.41, 5.74) is 2.96. The zero-order chi connectivity index (χ0) is 21.1. The molecule has 7 heteroatoms. The van der Waals surface area contributed by atoms with Crippen molar-refractivity contribution < 1.29 is 14.4 Å². The van der Waals surface area contributed by atoms with Crippen LogP contribution in [-0.4, -0.2) is 41.0 Å². The Morgan fingerprint density at radius 2 is 1.93 bits per heavy atom. The molecule has 0 spiro atoms. The number of benzene rings is 2. The van der Waals surface area contributed by atoms with Crippen molar-refractivity contribution in [3.63, 3.8) is 0 Å². The van der Waals surface area contributed by atoms with Gasteiger partial charge in [0.15, 0.2) is 5.25 Å². The summed E-state index contributed by atoms with van der Waals surface area (Å²) in [6.07, 6.45) is 1.50. The Balaban J connectivity index is 1.37. The van der Waals surface area contributed by atoms with E-state index in [1.807, 2.05) is 55.5 Å². The van der Waals surface area contributed by atoms with Crippen LogP contribution in [0, 0.1) is 12.8 Å². The molecule has 0 aliphatic carbocycles. The first-order valence-corrected chi connectivity index (χ1v) is 11.1. The van der Waals surface area contributed by atoms with Gasteiger partial charge >= 0.3 is 0 Å². The summed E-state index contributed by atoms with van der Waals surface area (Å²) in [6.45, 7) is 3.43. The van der Waals surface area contributed by atoms with Crippen LogP contribution in [0.15, 0.2) is 53.4 Å². The van der Waals surface area contributed by atoms with Gasteiger partial charge in [-0.05, 0) is 43.0 Å². The Kier molecular flexibility index (Phi) is 6.08. The molecule has 2 N–H and O–H groups in total. The fraction of sp³-hybridized carbons (Fsp3) is 0.348. The summed E-state index contributed by atoms with van der Waals surface area (Å²) in [5.74, 6) is -0.810. The van der Waals surface area contributed by atoms with Gasteiger partial charge in [0.1, 0.15) is 0 Å². The molecule has 4 rings (SSSR count). The molecule has 156 valence electrons. The van der Waals surface area contributed by atoms with E-state index in [-0.39, 0.29) is 23.6 Å². The van der Waals surface area contributed by atoms with Crippen LogP contribution in [0.4, 0.5) is 5.69 Å². The van der Waals surface area contributed by atoms with Crippen molar-refractivity contribution in [1.82, 2.24) is 10.2 Å². The van der Waals surface area contributed by atoms with E-state index in [2.05, 4.69) is 10.6 Å². The first kappa shape index (κ1) is 20.5. The van der Waals surface area contributed by atoms with Crippen LogP contribution in [0.25, 0.3) is 0 Å². The third kappa shape index (κ3) is 4.36. The van der Waals surface area contributed by atoms with Crippen molar-refractivity contribution >= 4 is 35.2 Å². The average Bonchev–Trinajstić information content (AvgIpc) is 2.77. The van der Waals surface area contributed by atoms with E-state index in [1.54, 1.807) is 4.90 Å². The van der Waals surface area contributed by atoms with E-state index in [0.29, 0.717) is 19.6 Å². The number of nitrogens with zero attached hydrogens (tertiary/aromatic N) is 1. The number of nitrogens with one attached hydrogen (secondary N) is 2. The van der Waals surface area contributed by atoms with E-state index in [4.69, 9.17) is 0 Å². The number of hydrogen-bond donors (Lipinski definition) is 2. The van der Waals surface area contributed by atoms with Gasteiger partial charge in [0.05, 0.1) is 11.6 Å². The Morgan fingerprint density at radius 1 is 1.17 bits per heavy atom. The highest BCUT2D eigenvalue weighted by Crippen LogP contribution is 2.36. The van der Waals surface area contributed by atoms with E-state index < -0.39 is 5.25 Å². The number of carbonyl (C=O) groups is 3. The number of rotatable bonds is 4. The standard InChI is InChI=1S/C23H25N3O3S/c1-15-7-2-3-8-16(15)13-24-21(27)17-9-6-12-26(14-17)23(29)20-22(28)25-18-10-4-5-11-19(18)30-20/h2-5,7-8,10-11,17,20H,6,9,12-14H2,1H3,(H,24,27)(H,25,28)/t17-,20-/m1/s1. The van der Waals surface area contributed by atoms with Crippen LogP contribution >= 0.6 is 11.8 Å². The molecular weight excluding hydrogens is 398 g/mol. The van der Waals surface area contributed by atoms with Crippen LogP contribution in [0.3, 0.4) is 0 Å². The second-order valence-corrected chi connectivity index (χ2v) is 8.90. The molecule has 1 fully saturated rings. The monoisotopic (exact) mass is 423 g/mol. The third-order valence-electron chi connectivity index (χ3n) is 5.67. The summed E-state index contributed by atoms with van der Waals surface area (Å²) < 4.78 is 0. The molecule has 2 heterocycles. The van der Waals surface area contributed by atoms with E-state index in [1.165, 1.54) is 11.8 Å². The van der Waals surface area contributed by atoms with Gasteiger partial charge in [-0.2, -0.15) is 0 Å². The number of anilines is 1. The predicted octanol–water partition coefficient (Wildman–Crippen LogP) is 2.96. The number of thioether (sulfide) groups is 1. The molecule has 0 saturated carbocycles. The van der Waals surface area contributed by atoms with Gasteiger partial charge in [-0.3, -0.25) is 14.4 Å². The maximum absolute atomic E-state index is 13.1.